The number of carboxylic acid groups (broad SMARTS) is 1. The Hall–Kier alpha value is -1.50. The highest BCUT2D eigenvalue weighted by Gasteiger charge is 2.12. The maximum Gasteiger partial charge on any atom is 0.312 e. The summed E-state index contributed by atoms with van der Waals surface area (Å²) in [4.78, 5) is 21.2. The van der Waals surface area contributed by atoms with Crippen molar-refractivity contribution in [2.45, 2.75) is 6.42 Å². The molecule has 0 radical (unpaired) electrons. The summed E-state index contributed by atoms with van der Waals surface area (Å²) < 4.78 is 25.7. The first-order valence-electron chi connectivity index (χ1n) is 4.06. The summed E-state index contributed by atoms with van der Waals surface area (Å²) in [6.07, 6.45) is -0.765. The van der Waals surface area contributed by atoms with E-state index in [2.05, 4.69) is 21.2 Å². The van der Waals surface area contributed by atoms with Gasteiger partial charge in [-0.3, -0.25) is 9.59 Å². The average Bonchev–Trinajstić information content (AvgIpc) is 2.12. The van der Waals surface area contributed by atoms with Crippen LogP contribution >= 0.6 is 15.9 Å². The number of hydrogen-bond acceptors (Lipinski definition) is 2. The average molecular weight is 294 g/mol. The van der Waals surface area contributed by atoms with Gasteiger partial charge in [-0.2, -0.15) is 0 Å². The molecule has 0 atom stereocenters. The number of benzene rings is 1. The van der Waals surface area contributed by atoms with Gasteiger partial charge in [0, 0.05) is 5.69 Å². The molecule has 0 saturated carbocycles. The standard InChI is InChI=1S/C9H6BrF2NO3/c10-9-5(11)1-4(2-6(9)12)13-7(14)3-8(15)16/h1-2H,3H2,(H,13,14)(H,15,16). The molecule has 0 unspecified atom stereocenters. The molecule has 0 bridgehead atoms. The zero-order chi connectivity index (χ0) is 12.3. The van der Waals surface area contributed by atoms with Gasteiger partial charge in [-0.15, -0.1) is 0 Å². The van der Waals surface area contributed by atoms with Gasteiger partial charge in [-0.1, -0.05) is 0 Å². The summed E-state index contributed by atoms with van der Waals surface area (Å²) in [5, 5.41) is 10.4. The van der Waals surface area contributed by atoms with Crippen LogP contribution in [0.5, 0.6) is 0 Å². The highest BCUT2D eigenvalue weighted by atomic mass is 79.9. The zero-order valence-electron chi connectivity index (χ0n) is 7.76. The summed E-state index contributed by atoms with van der Waals surface area (Å²) in [7, 11) is 0. The molecule has 0 heterocycles. The van der Waals surface area contributed by atoms with E-state index in [0.29, 0.717) is 0 Å². The lowest BCUT2D eigenvalue weighted by Crippen LogP contribution is -2.16. The quantitative estimate of drug-likeness (QED) is 0.663. The molecule has 1 aromatic rings. The molecule has 4 nitrogen and oxygen atoms in total. The van der Waals surface area contributed by atoms with Crippen LogP contribution in [-0.4, -0.2) is 17.0 Å². The molecular formula is C9H6BrF2NO3. The topological polar surface area (TPSA) is 66.4 Å². The van der Waals surface area contributed by atoms with E-state index < -0.39 is 29.9 Å². The first-order valence-corrected chi connectivity index (χ1v) is 4.85. The lowest BCUT2D eigenvalue weighted by molar-refractivity contribution is -0.139. The second-order valence-corrected chi connectivity index (χ2v) is 3.67. The second-order valence-electron chi connectivity index (χ2n) is 2.87. The van der Waals surface area contributed by atoms with Crippen LogP contribution in [0.1, 0.15) is 6.42 Å². The van der Waals surface area contributed by atoms with Gasteiger partial charge < -0.3 is 10.4 Å². The molecule has 1 rings (SSSR count). The molecular weight excluding hydrogens is 288 g/mol. The molecule has 0 aromatic heterocycles. The van der Waals surface area contributed by atoms with Gasteiger partial charge in [0.05, 0.1) is 4.47 Å². The second kappa shape index (κ2) is 5.02. The van der Waals surface area contributed by atoms with Crippen molar-refractivity contribution in [1.29, 1.82) is 0 Å². The van der Waals surface area contributed by atoms with Gasteiger partial charge in [-0.25, -0.2) is 8.78 Å². The van der Waals surface area contributed by atoms with Crippen molar-refractivity contribution in [3.63, 3.8) is 0 Å². The highest BCUT2D eigenvalue weighted by molar-refractivity contribution is 9.10. The fourth-order valence-electron chi connectivity index (χ4n) is 0.970. The maximum atomic E-state index is 13.0. The van der Waals surface area contributed by atoms with E-state index in [1.165, 1.54) is 0 Å². The number of halogens is 3. The van der Waals surface area contributed by atoms with E-state index >= 15 is 0 Å². The third kappa shape index (κ3) is 3.27. The molecule has 0 aliphatic carbocycles. The number of aliphatic carboxylic acids is 1. The third-order valence-electron chi connectivity index (χ3n) is 1.58. The van der Waals surface area contributed by atoms with E-state index in [9.17, 15) is 18.4 Å². The Kier molecular flexibility index (Phi) is 3.94. The molecule has 0 aliphatic rings. The Morgan fingerprint density at radius 3 is 2.25 bits per heavy atom. The Balaban J connectivity index is 2.82. The molecule has 0 saturated heterocycles. The number of rotatable bonds is 3. The van der Waals surface area contributed by atoms with Crippen molar-refractivity contribution >= 4 is 33.5 Å². The van der Waals surface area contributed by atoms with Crippen molar-refractivity contribution in [2.75, 3.05) is 5.32 Å². The van der Waals surface area contributed by atoms with E-state index in [-0.39, 0.29) is 10.2 Å². The Morgan fingerprint density at radius 2 is 1.81 bits per heavy atom. The van der Waals surface area contributed by atoms with Crippen LogP contribution in [-0.2, 0) is 9.59 Å². The fraction of sp³-hybridized carbons (Fsp3) is 0.111. The number of carboxylic acids is 1. The molecule has 2 N–H and O–H groups in total. The van der Waals surface area contributed by atoms with Gasteiger partial charge >= 0.3 is 5.97 Å². The normalized spacial score (nSPS) is 9.94. The van der Waals surface area contributed by atoms with Crippen LogP contribution in [0.2, 0.25) is 0 Å². The number of anilines is 1. The molecule has 1 amide bonds. The number of hydrogen-bond donors (Lipinski definition) is 2. The minimum Gasteiger partial charge on any atom is -0.481 e. The molecule has 0 spiro atoms. The van der Waals surface area contributed by atoms with Crippen molar-refractivity contribution in [3.05, 3.63) is 28.2 Å². The smallest absolute Gasteiger partial charge is 0.312 e. The number of amides is 1. The van der Waals surface area contributed by atoms with Gasteiger partial charge in [-0.05, 0) is 28.1 Å². The SMILES string of the molecule is O=C(O)CC(=O)Nc1cc(F)c(Br)c(F)c1. The maximum absolute atomic E-state index is 13.0. The highest BCUT2D eigenvalue weighted by Crippen LogP contribution is 2.23. The van der Waals surface area contributed by atoms with Crippen LogP contribution in [0.4, 0.5) is 14.5 Å². The van der Waals surface area contributed by atoms with Gasteiger partial charge in [0.2, 0.25) is 5.91 Å². The predicted molar refractivity (Wildman–Crippen MR) is 54.9 cm³/mol. The van der Waals surface area contributed by atoms with E-state index in [0.717, 1.165) is 12.1 Å². The summed E-state index contributed by atoms with van der Waals surface area (Å²) in [6, 6.07) is 1.76. The Labute approximate surface area is 97.4 Å². The zero-order valence-corrected chi connectivity index (χ0v) is 9.35. The van der Waals surface area contributed by atoms with Crippen LogP contribution in [0.25, 0.3) is 0 Å². The molecule has 7 heteroatoms. The number of nitrogens with one attached hydrogen (secondary N) is 1. The summed E-state index contributed by atoms with van der Waals surface area (Å²) in [5.74, 6) is -3.94. The van der Waals surface area contributed by atoms with Crippen molar-refractivity contribution in [1.82, 2.24) is 0 Å². The largest absolute Gasteiger partial charge is 0.481 e. The summed E-state index contributed by atoms with van der Waals surface area (Å²) >= 11 is 2.66. The van der Waals surface area contributed by atoms with Gasteiger partial charge in [0.1, 0.15) is 18.1 Å². The van der Waals surface area contributed by atoms with E-state index in [4.69, 9.17) is 5.11 Å². The Morgan fingerprint density at radius 1 is 1.31 bits per heavy atom. The summed E-state index contributed by atoms with van der Waals surface area (Å²) in [6.45, 7) is 0. The van der Waals surface area contributed by atoms with Crippen LogP contribution < -0.4 is 5.32 Å². The van der Waals surface area contributed by atoms with E-state index in [1.54, 1.807) is 0 Å². The van der Waals surface area contributed by atoms with Crippen LogP contribution in [0.3, 0.4) is 0 Å². The molecule has 16 heavy (non-hydrogen) atoms. The van der Waals surface area contributed by atoms with Gasteiger partial charge in [0.15, 0.2) is 0 Å². The molecule has 0 aliphatic heterocycles. The number of carbonyl (C=O) groups is 2. The Bertz CT molecular complexity index is 427. The lowest BCUT2D eigenvalue weighted by atomic mass is 10.3. The summed E-state index contributed by atoms with van der Waals surface area (Å²) in [5.41, 5.74) is -0.135. The van der Waals surface area contributed by atoms with Crippen molar-refractivity contribution in [2.24, 2.45) is 0 Å². The lowest BCUT2D eigenvalue weighted by Gasteiger charge is -2.05. The molecule has 86 valence electrons. The van der Waals surface area contributed by atoms with E-state index in [1.807, 2.05) is 0 Å². The predicted octanol–water partition coefficient (Wildman–Crippen LogP) is 2.14. The third-order valence-corrected chi connectivity index (χ3v) is 2.34. The van der Waals surface area contributed by atoms with Gasteiger partial charge in [0.25, 0.3) is 0 Å². The first kappa shape index (κ1) is 12.6. The molecule has 0 fully saturated rings. The van der Waals surface area contributed by atoms with Crippen LogP contribution in [0.15, 0.2) is 16.6 Å². The minimum atomic E-state index is -1.32. The first-order chi connectivity index (χ1) is 7.40. The minimum absolute atomic E-state index is 0.135. The van der Waals surface area contributed by atoms with Crippen molar-refractivity contribution < 1.29 is 23.5 Å². The number of carbonyl (C=O) groups excluding carboxylic acids is 1. The van der Waals surface area contributed by atoms with Crippen LogP contribution in [0, 0.1) is 11.6 Å². The monoisotopic (exact) mass is 293 g/mol. The van der Waals surface area contributed by atoms with Crippen molar-refractivity contribution in [3.8, 4) is 0 Å². The fourth-order valence-corrected chi connectivity index (χ4v) is 1.20. The molecule has 1 aromatic carbocycles.